The molecule has 7 nitrogen and oxygen atoms in total. The Balaban J connectivity index is 1.53. The van der Waals surface area contributed by atoms with Crippen LogP contribution in [-0.4, -0.2) is 48.3 Å². The predicted molar refractivity (Wildman–Crippen MR) is 87.8 cm³/mol. The molecule has 9 heteroatoms. The van der Waals surface area contributed by atoms with Gasteiger partial charge in [-0.2, -0.15) is 4.98 Å². The van der Waals surface area contributed by atoms with Crippen LogP contribution in [-0.2, 0) is 10.0 Å². The number of anilines is 1. The average Bonchev–Trinajstić information content (AvgIpc) is 2.94. The van der Waals surface area contributed by atoms with Crippen molar-refractivity contribution in [2.24, 2.45) is 5.92 Å². The van der Waals surface area contributed by atoms with Crippen molar-refractivity contribution in [3.63, 3.8) is 0 Å². The van der Waals surface area contributed by atoms with Gasteiger partial charge in [-0.3, -0.25) is 0 Å². The zero-order valence-corrected chi connectivity index (χ0v) is 14.1. The van der Waals surface area contributed by atoms with Gasteiger partial charge in [0, 0.05) is 36.1 Å². The molecular formula is C14H17ClN4O3S. The molecule has 0 unspecified atom stereocenters. The highest BCUT2D eigenvalue weighted by Gasteiger charge is 2.34. The molecule has 0 bridgehead atoms. The molecule has 0 atom stereocenters. The largest absolute Gasteiger partial charge is 0.337 e. The second-order valence-corrected chi connectivity index (χ2v) is 8.09. The fraction of sp³-hybridized carbons (Fsp3) is 0.429. The minimum atomic E-state index is -3.07. The zero-order valence-electron chi connectivity index (χ0n) is 12.6. The number of hydrogen-bond acceptors (Lipinski definition) is 6. The van der Waals surface area contributed by atoms with Crippen molar-refractivity contribution in [2.45, 2.75) is 6.92 Å². The third kappa shape index (κ3) is 3.65. The van der Waals surface area contributed by atoms with Gasteiger partial charge in [0.2, 0.25) is 15.8 Å². The van der Waals surface area contributed by atoms with Gasteiger partial charge in [0.15, 0.2) is 0 Å². The first-order valence-electron chi connectivity index (χ1n) is 7.29. The first kappa shape index (κ1) is 16.2. The van der Waals surface area contributed by atoms with Gasteiger partial charge in [0.25, 0.3) is 0 Å². The molecule has 23 heavy (non-hydrogen) atoms. The van der Waals surface area contributed by atoms with E-state index < -0.39 is 10.0 Å². The molecule has 1 N–H and O–H groups in total. The lowest BCUT2D eigenvalue weighted by Gasteiger charge is -2.37. The first-order chi connectivity index (χ1) is 11.0. The number of rotatable bonds is 6. The van der Waals surface area contributed by atoms with Crippen LogP contribution in [0.25, 0.3) is 11.4 Å². The quantitative estimate of drug-likeness (QED) is 0.852. The number of nitrogens with zero attached hydrogens (tertiary/aromatic N) is 3. The molecule has 1 aromatic carbocycles. The third-order valence-electron chi connectivity index (χ3n) is 3.73. The van der Waals surface area contributed by atoms with Gasteiger partial charge >= 0.3 is 6.01 Å². The number of nitrogens with one attached hydrogen (secondary N) is 1. The standard InChI is InChI=1S/C14H17ClN4O3S/c1-2-23(20,21)19-8-10(9-19)7-16-14-17-13(18-22-14)11-4-3-5-12(15)6-11/h3-6,10H,2,7-9H2,1H3,(H,16,17,18). The highest BCUT2D eigenvalue weighted by molar-refractivity contribution is 7.89. The zero-order chi connectivity index (χ0) is 16.4. The van der Waals surface area contributed by atoms with Gasteiger partial charge in [-0.1, -0.05) is 28.9 Å². The van der Waals surface area contributed by atoms with Crippen LogP contribution in [0.5, 0.6) is 0 Å². The van der Waals surface area contributed by atoms with Crippen LogP contribution in [0, 0.1) is 5.92 Å². The Morgan fingerprint density at radius 2 is 2.22 bits per heavy atom. The smallest absolute Gasteiger partial charge is 0.321 e. The molecule has 124 valence electrons. The van der Waals surface area contributed by atoms with E-state index in [0.717, 1.165) is 5.56 Å². The normalized spacial score (nSPS) is 16.3. The number of hydrogen-bond donors (Lipinski definition) is 1. The topological polar surface area (TPSA) is 88.3 Å². The molecule has 1 aliphatic rings. The molecule has 0 aliphatic carbocycles. The Hall–Kier alpha value is -1.64. The van der Waals surface area contributed by atoms with E-state index in [-0.39, 0.29) is 11.7 Å². The van der Waals surface area contributed by atoms with Crippen LogP contribution >= 0.6 is 11.6 Å². The molecule has 1 aromatic heterocycles. The van der Waals surface area contributed by atoms with E-state index >= 15 is 0 Å². The van der Waals surface area contributed by atoms with E-state index in [1.54, 1.807) is 19.1 Å². The molecule has 0 spiro atoms. The van der Waals surface area contributed by atoms with Crippen LogP contribution < -0.4 is 5.32 Å². The van der Waals surface area contributed by atoms with Crippen molar-refractivity contribution in [2.75, 3.05) is 30.7 Å². The fourth-order valence-corrected chi connectivity index (χ4v) is 3.76. The highest BCUT2D eigenvalue weighted by atomic mass is 35.5. The molecule has 1 fully saturated rings. The Morgan fingerprint density at radius 1 is 1.43 bits per heavy atom. The molecule has 0 amide bonds. The van der Waals surface area contributed by atoms with E-state index in [4.69, 9.17) is 16.1 Å². The second-order valence-electron chi connectivity index (χ2n) is 5.40. The van der Waals surface area contributed by atoms with Crippen molar-refractivity contribution >= 4 is 27.6 Å². The Morgan fingerprint density at radius 3 is 2.91 bits per heavy atom. The summed E-state index contributed by atoms with van der Waals surface area (Å²) >= 11 is 5.94. The molecule has 0 saturated carbocycles. The maximum atomic E-state index is 11.6. The fourth-order valence-electron chi connectivity index (χ4n) is 2.33. The number of benzene rings is 1. The van der Waals surface area contributed by atoms with Crippen LogP contribution in [0.3, 0.4) is 0 Å². The van der Waals surface area contributed by atoms with Crippen LogP contribution in [0.4, 0.5) is 6.01 Å². The van der Waals surface area contributed by atoms with Crippen molar-refractivity contribution in [1.82, 2.24) is 14.4 Å². The maximum Gasteiger partial charge on any atom is 0.321 e. The third-order valence-corrected chi connectivity index (χ3v) is 5.78. The van der Waals surface area contributed by atoms with E-state index in [1.807, 2.05) is 12.1 Å². The van der Waals surface area contributed by atoms with Crippen LogP contribution in [0.15, 0.2) is 28.8 Å². The van der Waals surface area contributed by atoms with E-state index in [1.165, 1.54) is 4.31 Å². The number of aromatic nitrogens is 2. The summed E-state index contributed by atoms with van der Waals surface area (Å²) in [5.41, 5.74) is 0.776. The van der Waals surface area contributed by atoms with Gasteiger partial charge in [0.05, 0.1) is 5.75 Å². The molecule has 3 rings (SSSR count). The van der Waals surface area contributed by atoms with Crippen LogP contribution in [0.2, 0.25) is 5.02 Å². The highest BCUT2D eigenvalue weighted by Crippen LogP contribution is 2.23. The molecule has 2 heterocycles. The molecular weight excluding hydrogens is 340 g/mol. The second kappa shape index (κ2) is 6.46. The van der Waals surface area contributed by atoms with Crippen molar-refractivity contribution < 1.29 is 12.9 Å². The van der Waals surface area contributed by atoms with E-state index in [0.29, 0.717) is 36.5 Å². The molecule has 0 radical (unpaired) electrons. The predicted octanol–water partition coefficient (Wildman–Crippen LogP) is 2.08. The summed E-state index contributed by atoms with van der Waals surface area (Å²) in [6.45, 7) is 3.29. The SMILES string of the molecule is CCS(=O)(=O)N1CC(CNc2nc(-c3cccc(Cl)c3)no2)C1. The molecule has 2 aromatic rings. The van der Waals surface area contributed by atoms with Crippen molar-refractivity contribution in [1.29, 1.82) is 0 Å². The van der Waals surface area contributed by atoms with Gasteiger partial charge in [-0.05, 0) is 19.1 Å². The minimum absolute atomic E-state index is 0.139. The Kier molecular flexibility index (Phi) is 4.56. The summed E-state index contributed by atoms with van der Waals surface area (Å²) in [7, 11) is -3.07. The van der Waals surface area contributed by atoms with E-state index in [2.05, 4.69) is 15.5 Å². The van der Waals surface area contributed by atoms with Crippen molar-refractivity contribution in [3.8, 4) is 11.4 Å². The first-order valence-corrected chi connectivity index (χ1v) is 9.28. The lowest BCUT2D eigenvalue weighted by molar-refractivity contribution is 0.211. The lowest BCUT2D eigenvalue weighted by Crippen LogP contribution is -2.52. The Bertz CT molecular complexity index is 787. The average molecular weight is 357 g/mol. The maximum absolute atomic E-state index is 11.6. The summed E-state index contributed by atoms with van der Waals surface area (Å²) in [4.78, 5) is 4.26. The van der Waals surface area contributed by atoms with Crippen LogP contribution in [0.1, 0.15) is 6.92 Å². The summed E-state index contributed by atoms with van der Waals surface area (Å²) in [6.07, 6.45) is 0. The summed E-state index contributed by atoms with van der Waals surface area (Å²) in [5.74, 6) is 0.844. The van der Waals surface area contributed by atoms with Gasteiger partial charge in [-0.15, -0.1) is 0 Å². The van der Waals surface area contributed by atoms with Gasteiger partial charge < -0.3 is 9.84 Å². The number of sulfonamides is 1. The van der Waals surface area contributed by atoms with Gasteiger partial charge in [0.1, 0.15) is 0 Å². The monoisotopic (exact) mass is 356 g/mol. The number of halogens is 1. The van der Waals surface area contributed by atoms with E-state index in [9.17, 15) is 8.42 Å². The minimum Gasteiger partial charge on any atom is -0.337 e. The van der Waals surface area contributed by atoms with Crippen molar-refractivity contribution in [3.05, 3.63) is 29.3 Å². The Labute approximate surface area is 139 Å². The molecule has 1 saturated heterocycles. The van der Waals surface area contributed by atoms with Gasteiger partial charge in [-0.25, -0.2) is 12.7 Å². The summed E-state index contributed by atoms with van der Waals surface area (Å²) in [5, 5.41) is 7.55. The molecule has 1 aliphatic heterocycles. The summed E-state index contributed by atoms with van der Waals surface area (Å²) in [6, 6.07) is 7.52. The summed E-state index contributed by atoms with van der Waals surface area (Å²) < 4.78 is 29.9. The lowest BCUT2D eigenvalue weighted by atomic mass is 10.0.